The van der Waals surface area contributed by atoms with Crippen LogP contribution < -0.4 is 10.2 Å². The van der Waals surface area contributed by atoms with E-state index in [0.29, 0.717) is 6.54 Å². The van der Waals surface area contributed by atoms with Gasteiger partial charge in [-0.3, -0.25) is 14.7 Å². The number of amides is 2. The summed E-state index contributed by atoms with van der Waals surface area (Å²) in [4.78, 5) is 46.4. The maximum Gasteiger partial charge on any atom is 0.411 e. The molecule has 2 amide bonds. The number of piperazine rings is 1. The Morgan fingerprint density at radius 2 is 1.79 bits per heavy atom. The van der Waals surface area contributed by atoms with Crippen LogP contribution in [0.1, 0.15) is 48.5 Å². The molecule has 1 aromatic rings. The van der Waals surface area contributed by atoms with Gasteiger partial charge in [-0.1, -0.05) is 32.9 Å². The largest absolute Gasteiger partial charge is 0.464 e. The highest BCUT2D eigenvalue weighted by Crippen LogP contribution is 2.21. The van der Waals surface area contributed by atoms with Crippen LogP contribution in [0.3, 0.4) is 0 Å². The van der Waals surface area contributed by atoms with Gasteiger partial charge in [-0.15, -0.1) is 0 Å². The van der Waals surface area contributed by atoms with Crippen LogP contribution in [0.25, 0.3) is 0 Å². The first-order valence-corrected chi connectivity index (χ1v) is 11.6. The van der Waals surface area contributed by atoms with E-state index < -0.39 is 35.7 Å². The molecule has 1 aliphatic heterocycles. The van der Waals surface area contributed by atoms with Gasteiger partial charge in [-0.25, -0.2) is 9.59 Å². The number of ether oxygens (including phenoxy) is 2. The van der Waals surface area contributed by atoms with E-state index in [4.69, 9.17) is 9.47 Å². The minimum absolute atomic E-state index is 0.192. The molecule has 2 heterocycles. The molecule has 0 spiro atoms. The fourth-order valence-electron chi connectivity index (χ4n) is 3.39. The van der Waals surface area contributed by atoms with Crippen molar-refractivity contribution in [1.29, 1.82) is 0 Å². The van der Waals surface area contributed by atoms with Gasteiger partial charge in [0.05, 0.1) is 6.61 Å². The first-order chi connectivity index (χ1) is 15.8. The summed E-state index contributed by atoms with van der Waals surface area (Å²) in [5.74, 6) is -1.01. The molecule has 1 aromatic heterocycles. The van der Waals surface area contributed by atoms with Crippen LogP contribution in [0.4, 0.5) is 10.5 Å². The van der Waals surface area contributed by atoms with Crippen molar-refractivity contribution in [2.45, 2.75) is 66.2 Å². The fraction of sp³-hybridized carbons (Fsp3) is 0.600. The summed E-state index contributed by atoms with van der Waals surface area (Å²) in [7, 11) is 0. The Labute approximate surface area is 202 Å². The van der Waals surface area contributed by atoms with Gasteiger partial charge in [0.1, 0.15) is 17.7 Å². The normalized spacial score (nSPS) is 17.9. The summed E-state index contributed by atoms with van der Waals surface area (Å²) in [6.45, 7) is 14.3. The number of pyridine rings is 1. The summed E-state index contributed by atoms with van der Waals surface area (Å²) >= 11 is 0. The second kappa shape index (κ2) is 11.4. The first-order valence-electron chi connectivity index (χ1n) is 11.6. The van der Waals surface area contributed by atoms with E-state index in [0.717, 1.165) is 5.69 Å². The molecule has 0 aromatic carbocycles. The lowest BCUT2D eigenvalue weighted by Crippen LogP contribution is -2.62. The molecule has 34 heavy (non-hydrogen) atoms. The fourth-order valence-corrected chi connectivity index (χ4v) is 3.39. The van der Waals surface area contributed by atoms with Crippen LogP contribution in [-0.4, -0.2) is 71.8 Å². The van der Waals surface area contributed by atoms with Gasteiger partial charge in [0.2, 0.25) is 5.91 Å². The van der Waals surface area contributed by atoms with E-state index in [-0.39, 0.29) is 25.1 Å². The molecule has 0 bridgehead atoms. The molecule has 188 valence electrons. The number of allylic oxidation sites excluding steroid dienone is 1. The third-order valence-corrected chi connectivity index (χ3v) is 4.97. The standard InChI is InChI=1S/C25H38N4O5/c1-8-33-22(31)19(9-12-24(2,3)4)27-21(30)20-17-28(18-10-13-26-14-11-18)15-16-29(20)23(32)34-25(5,6)7/h9-14,19-20H,8,15-17H2,1-7H3,(H,27,30)/b12-9+/t19-,20?/m1/s1. The Bertz CT molecular complexity index is 874. The third-order valence-electron chi connectivity index (χ3n) is 4.97. The Morgan fingerprint density at radius 3 is 2.35 bits per heavy atom. The SMILES string of the molecule is CCOC(=O)[C@@H](/C=C/C(C)(C)C)NC(=O)C1CN(c2ccncc2)CCN1C(=O)OC(C)(C)C. The molecule has 1 saturated heterocycles. The highest BCUT2D eigenvalue weighted by atomic mass is 16.6. The van der Waals surface area contributed by atoms with Crippen molar-refractivity contribution in [2.75, 3.05) is 31.1 Å². The molecule has 0 radical (unpaired) electrons. The van der Waals surface area contributed by atoms with Crippen LogP contribution in [-0.2, 0) is 19.1 Å². The smallest absolute Gasteiger partial charge is 0.411 e. The second-order valence-electron chi connectivity index (χ2n) is 10.3. The summed E-state index contributed by atoms with van der Waals surface area (Å²) in [5, 5.41) is 2.77. The van der Waals surface area contributed by atoms with Gasteiger partial charge >= 0.3 is 12.1 Å². The Balaban J connectivity index is 2.30. The highest BCUT2D eigenvalue weighted by Gasteiger charge is 2.39. The first kappa shape index (κ1) is 27.1. The van der Waals surface area contributed by atoms with Crippen molar-refractivity contribution in [3.63, 3.8) is 0 Å². The predicted molar refractivity (Wildman–Crippen MR) is 130 cm³/mol. The monoisotopic (exact) mass is 474 g/mol. The van der Waals surface area contributed by atoms with E-state index in [1.807, 2.05) is 43.9 Å². The molecule has 1 aliphatic rings. The summed E-state index contributed by atoms with van der Waals surface area (Å²) < 4.78 is 10.7. The summed E-state index contributed by atoms with van der Waals surface area (Å²) in [5.41, 5.74) is -0.00391. The van der Waals surface area contributed by atoms with Crippen molar-refractivity contribution in [1.82, 2.24) is 15.2 Å². The molecule has 9 nitrogen and oxygen atoms in total. The van der Waals surface area contributed by atoms with Crippen molar-refractivity contribution >= 4 is 23.7 Å². The van der Waals surface area contributed by atoms with Crippen LogP contribution in [0.5, 0.6) is 0 Å². The predicted octanol–water partition coefficient (Wildman–Crippen LogP) is 3.16. The number of esters is 1. The second-order valence-corrected chi connectivity index (χ2v) is 10.3. The summed E-state index contributed by atoms with van der Waals surface area (Å²) in [6.07, 6.45) is 6.28. The number of nitrogens with zero attached hydrogens (tertiary/aromatic N) is 3. The topological polar surface area (TPSA) is 101 Å². The van der Waals surface area contributed by atoms with Gasteiger partial charge in [-0.05, 0) is 45.2 Å². The molecule has 1 N–H and O–H groups in total. The molecule has 0 aliphatic carbocycles. The van der Waals surface area contributed by atoms with Crippen LogP contribution in [0.2, 0.25) is 0 Å². The molecule has 2 rings (SSSR count). The number of hydrogen-bond acceptors (Lipinski definition) is 7. The average molecular weight is 475 g/mol. The van der Waals surface area contributed by atoms with E-state index in [1.54, 1.807) is 46.2 Å². The Hall–Kier alpha value is -3.10. The highest BCUT2D eigenvalue weighted by molar-refractivity contribution is 5.91. The number of carbonyl (C=O) groups excluding carboxylic acids is 3. The lowest BCUT2D eigenvalue weighted by molar-refractivity contribution is -0.146. The van der Waals surface area contributed by atoms with E-state index in [1.165, 1.54) is 4.90 Å². The molecular weight excluding hydrogens is 436 g/mol. The van der Waals surface area contributed by atoms with E-state index in [2.05, 4.69) is 10.3 Å². The number of carbonyl (C=O) groups is 3. The quantitative estimate of drug-likeness (QED) is 0.499. The van der Waals surface area contributed by atoms with Gasteiger partial charge < -0.3 is 19.7 Å². The Kier molecular flexibility index (Phi) is 9.06. The van der Waals surface area contributed by atoms with E-state index >= 15 is 0 Å². The summed E-state index contributed by atoms with van der Waals surface area (Å²) in [6, 6.07) is 1.87. The number of nitrogens with one attached hydrogen (secondary N) is 1. The van der Waals surface area contributed by atoms with E-state index in [9.17, 15) is 14.4 Å². The van der Waals surface area contributed by atoms with Crippen molar-refractivity contribution in [2.24, 2.45) is 5.41 Å². The number of hydrogen-bond donors (Lipinski definition) is 1. The van der Waals surface area contributed by atoms with Gasteiger partial charge in [0, 0.05) is 37.7 Å². The maximum atomic E-state index is 13.5. The van der Waals surface area contributed by atoms with Crippen LogP contribution in [0, 0.1) is 5.41 Å². The van der Waals surface area contributed by atoms with Crippen molar-refractivity contribution in [3.05, 3.63) is 36.7 Å². The Morgan fingerprint density at radius 1 is 1.15 bits per heavy atom. The molecule has 2 atom stereocenters. The molecule has 0 saturated carbocycles. The number of rotatable bonds is 6. The lowest BCUT2D eigenvalue weighted by Gasteiger charge is -2.42. The zero-order valence-electron chi connectivity index (χ0n) is 21.3. The molecule has 1 fully saturated rings. The van der Waals surface area contributed by atoms with Crippen molar-refractivity contribution < 1.29 is 23.9 Å². The minimum atomic E-state index is -0.969. The van der Waals surface area contributed by atoms with Crippen molar-refractivity contribution in [3.8, 4) is 0 Å². The minimum Gasteiger partial charge on any atom is -0.464 e. The maximum absolute atomic E-state index is 13.5. The van der Waals surface area contributed by atoms with Crippen LogP contribution >= 0.6 is 0 Å². The average Bonchev–Trinajstić information content (AvgIpc) is 2.75. The third kappa shape index (κ3) is 8.35. The van der Waals surface area contributed by atoms with Gasteiger partial charge in [0.25, 0.3) is 0 Å². The molecule has 9 heteroatoms. The molecule has 1 unspecified atom stereocenters. The van der Waals surface area contributed by atoms with Crippen LogP contribution in [0.15, 0.2) is 36.7 Å². The molecular formula is C25H38N4O5. The zero-order chi connectivity index (χ0) is 25.5. The zero-order valence-corrected chi connectivity index (χ0v) is 21.3. The van der Waals surface area contributed by atoms with Gasteiger partial charge in [-0.2, -0.15) is 0 Å². The van der Waals surface area contributed by atoms with Gasteiger partial charge in [0.15, 0.2) is 0 Å². The lowest BCUT2D eigenvalue weighted by atomic mass is 9.95. The number of aromatic nitrogens is 1. The number of anilines is 1.